The number of carbonyl (C=O) groups excluding carboxylic acids is 1. The molecule has 3 aliphatic rings. The molecule has 39 heavy (non-hydrogen) atoms. The van der Waals surface area contributed by atoms with E-state index in [2.05, 4.69) is 40.3 Å². The van der Waals surface area contributed by atoms with Gasteiger partial charge < -0.3 is 10.0 Å². The molecule has 1 atom stereocenters. The normalized spacial score (nSPS) is 20.4. The van der Waals surface area contributed by atoms with Gasteiger partial charge in [0.15, 0.2) is 11.5 Å². The third-order valence-corrected chi connectivity index (χ3v) is 8.53. The van der Waals surface area contributed by atoms with Gasteiger partial charge in [-0.15, -0.1) is 0 Å². The monoisotopic (exact) mass is 546 g/mol. The molecule has 1 N–H and O–H groups in total. The van der Waals surface area contributed by atoms with E-state index in [1.165, 1.54) is 0 Å². The molecule has 0 radical (unpaired) electrons. The Bertz CT molecular complexity index is 1390. The van der Waals surface area contributed by atoms with E-state index in [0.29, 0.717) is 55.7 Å². The van der Waals surface area contributed by atoms with Gasteiger partial charge in [0.05, 0.1) is 24.7 Å². The smallest absolute Gasteiger partial charge is 0.283 e. The van der Waals surface area contributed by atoms with Crippen molar-refractivity contribution >= 4 is 35.2 Å². The topological polar surface area (TPSA) is 77.2 Å². The number of guanidine groups is 1. The van der Waals surface area contributed by atoms with Gasteiger partial charge in [-0.25, -0.2) is 9.98 Å². The summed E-state index contributed by atoms with van der Waals surface area (Å²) in [6, 6.07) is 17.9. The number of amides is 1. The quantitative estimate of drug-likeness (QED) is 0.483. The fourth-order valence-corrected chi connectivity index (χ4v) is 6.04. The number of halogens is 1. The van der Waals surface area contributed by atoms with Crippen LogP contribution in [0.4, 0.5) is 11.8 Å². The highest BCUT2D eigenvalue weighted by Crippen LogP contribution is 2.40. The van der Waals surface area contributed by atoms with Crippen molar-refractivity contribution in [3.05, 3.63) is 76.4 Å². The Morgan fingerprint density at radius 1 is 1.08 bits per heavy atom. The van der Waals surface area contributed by atoms with Crippen LogP contribution in [0.15, 0.2) is 59.6 Å². The van der Waals surface area contributed by atoms with Crippen molar-refractivity contribution in [3.8, 4) is 0 Å². The van der Waals surface area contributed by atoms with Gasteiger partial charge in [-0.2, -0.15) is 0 Å². The number of carbonyl (C=O) groups is 1. The first-order valence-electron chi connectivity index (χ1n) is 13.8. The maximum Gasteiger partial charge on any atom is 0.283 e. The third kappa shape index (κ3) is 4.49. The summed E-state index contributed by atoms with van der Waals surface area (Å²) in [6.07, 6.45) is 1.11. The van der Waals surface area contributed by atoms with Crippen LogP contribution in [0.2, 0.25) is 5.02 Å². The van der Waals surface area contributed by atoms with Crippen LogP contribution in [-0.2, 0) is 12.1 Å². The molecule has 8 nitrogen and oxygen atoms in total. The van der Waals surface area contributed by atoms with Crippen LogP contribution in [-0.4, -0.2) is 63.6 Å². The van der Waals surface area contributed by atoms with Gasteiger partial charge in [-0.05, 0) is 48.9 Å². The summed E-state index contributed by atoms with van der Waals surface area (Å²) in [7, 11) is 0. The Hall–Kier alpha value is -3.36. The SMILES string of the molecule is CCN1C(=O)c2nc(N3CCC(O)(c4ccc(Cl)cc4)CC3)n(Cc3ccccc3)c2N2C[C@@H](C(C)C)N=C12. The number of nitrogens with zero attached hydrogens (tertiary/aromatic N) is 6. The Morgan fingerprint density at radius 2 is 1.77 bits per heavy atom. The molecule has 1 saturated heterocycles. The lowest BCUT2D eigenvalue weighted by Gasteiger charge is -2.39. The zero-order valence-electron chi connectivity index (χ0n) is 22.7. The van der Waals surface area contributed by atoms with Gasteiger partial charge in [0.1, 0.15) is 0 Å². The predicted molar refractivity (Wildman–Crippen MR) is 155 cm³/mol. The second-order valence-corrected chi connectivity index (χ2v) is 11.5. The molecule has 3 aliphatic heterocycles. The molecule has 4 heterocycles. The van der Waals surface area contributed by atoms with E-state index in [-0.39, 0.29) is 11.9 Å². The van der Waals surface area contributed by atoms with Crippen LogP contribution in [0, 0.1) is 5.92 Å². The molecule has 0 bridgehead atoms. The molecule has 0 spiro atoms. The molecule has 0 unspecified atom stereocenters. The van der Waals surface area contributed by atoms with Gasteiger partial charge in [0.2, 0.25) is 11.9 Å². The van der Waals surface area contributed by atoms with Crippen LogP contribution >= 0.6 is 11.6 Å². The van der Waals surface area contributed by atoms with Gasteiger partial charge in [-0.3, -0.25) is 19.2 Å². The summed E-state index contributed by atoms with van der Waals surface area (Å²) < 4.78 is 2.18. The van der Waals surface area contributed by atoms with Crippen molar-refractivity contribution in [2.75, 3.05) is 36.0 Å². The number of aromatic nitrogens is 2. The Labute approximate surface area is 234 Å². The first kappa shape index (κ1) is 25.9. The predicted octanol–water partition coefficient (Wildman–Crippen LogP) is 4.75. The fraction of sp³-hybridized carbons (Fsp3) is 0.433. The summed E-state index contributed by atoms with van der Waals surface area (Å²) in [6.45, 7) is 9.42. The zero-order chi connectivity index (χ0) is 27.3. The average Bonchev–Trinajstić information content (AvgIpc) is 3.53. The van der Waals surface area contributed by atoms with Crippen LogP contribution in [0.5, 0.6) is 0 Å². The van der Waals surface area contributed by atoms with Crippen LogP contribution in [0.3, 0.4) is 0 Å². The number of fused-ring (bicyclic) bond motifs is 3. The summed E-state index contributed by atoms with van der Waals surface area (Å²) in [4.78, 5) is 29.9. The first-order valence-corrected chi connectivity index (χ1v) is 14.2. The van der Waals surface area contributed by atoms with E-state index in [4.69, 9.17) is 21.6 Å². The average molecular weight is 547 g/mol. The minimum Gasteiger partial charge on any atom is -0.385 e. The second kappa shape index (κ2) is 9.99. The van der Waals surface area contributed by atoms with E-state index >= 15 is 0 Å². The Balaban J connectivity index is 1.39. The number of rotatable bonds is 6. The Morgan fingerprint density at radius 3 is 2.41 bits per heavy atom. The van der Waals surface area contributed by atoms with E-state index in [1.54, 1.807) is 4.90 Å². The molecular formula is C30H35ClN6O2. The molecule has 2 aromatic carbocycles. The minimum atomic E-state index is -0.925. The zero-order valence-corrected chi connectivity index (χ0v) is 23.5. The van der Waals surface area contributed by atoms with E-state index in [0.717, 1.165) is 35.4 Å². The molecule has 3 aromatic rings. The molecule has 1 amide bonds. The molecule has 9 heteroatoms. The van der Waals surface area contributed by atoms with Crippen molar-refractivity contribution < 1.29 is 9.90 Å². The number of anilines is 2. The molecular weight excluding hydrogens is 512 g/mol. The Kier molecular flexibility index (Phi) is 6.63. The number of hydrogen-bond acceptors (Lipinski definition) is 6. The number of imidazole rings is 1. The van der Waals surface area contributed by atoms with Gasteiger partial charge >= 0.3 is 0 Å². The van der Waals surface area contributed by atoms with Crippen LogP contribution < -0.4 is 9.80 Å². The summed E-state index contributed by atoms with van der Waals surface area (Å²) in [5.74, 6) is 2.57. The highest BCUT2D eigenvalue weighted by Gasteiger charge is 2.45. The van der Waals surface area contributed by atoms with E-state index in [1.807, 2.05) is 49.4 Å². The van der Waals surface area contributed by atoms with Crippen molar-refractivity contribution in [3.63, 3.8) is 0 Å². The van der Waals surface area contributed by atoms with Gasteiger partial charge in [0.25, 0.3) is 5.91 Å². The van der Waals surface area contributed by atoms with Gasteiger partial charge in [0, 0.05) is 24.7 Å². The number of aliphatic hydroxyl groups is 1. The summed E-state index contributed by atoms with van der Waals surface area (Å²) >= 11 is 6.09. The lowest BCUT2D eigenvalue weighted by molar-refractivity contribution is 0.0114. The van der Waals surface area contributed by atoms with Gasteiger partial charge in [-0.1, -0.05) is 67.9 Å². The summed E-state index contributed by atoms with van der Waals surface area (Å²) in [5, 5.41) is 12.2. The number of hydrogen-bond donors (Lipinski definition) is 1. The fourth-order valence-electron chi connectivity index (χ4n) is 5.92. The van der Waals surface area contributed by atoms with E-state index < -0.39 is 5.60 Å². The molecule has 0 saturated carbocycles. The van der Waals surface area contributed by atoms with E-state index in [9.17, 15) is 9.90 Å². The lowest BCUT2D eigenvalue weighted by atomic mass is 9.84. The summed E-state index contributed by atoms with van der Waals surface area (Å²) in [5.41, 5.74) is 1.57. The minimum absolute atomic E-state index is 0.102. The standard InChI is InChI=1S/C30H35ClN6O2/c1-4-35-27(38)25-26(37-19-24(20(2)3)32-29(35)37)36(18-21-8-6-5-7-9-21)28(33-25)34-16-14-30(39,15-17-34)22-10-12-23(31)13-11-22/h5-13,20,24,39H,4,14-19H2,1-3H3/t24-/m0/s1. The maximum absolute atomic E-state index is 13.8. The largest absolute Gasteiger partial charge is 0.385 e. The lowest BCUT2D eigenvalue weighted by Crippen LogP contribution is -2.50. The van der Waals surface area contributed by atoms with Crippen LogP contribution in [0.1, 0.15) is 55.2 Å². The van der Waals surface area contributed by atoms with Crippen molar-refractivity contribution in [2.45, 2.75) is 51.8 Å². The molecule has 0 aliphatic carbocycles. The molecule has 1 fully saturated rings. The highest BCUT2D eigenvalue weighted by atomic mass is 35.5. The van der Waals surface area contributed by atoms with Crippen LogP contribution in [0.25, 0.3) is 0 Å². The van der Waals surface area contributed by atoms with Crippen molar-refractivity contribution in [2.24, 2.45) is 10.9 Å². The highest BCUT2D eigenvalue weighted by molar-refractivity contribution is 6.30. The number of aliphatic imine (C=N–C) groups is 1. The number of benzene rings is 2. The molecule has 204 valence electrons. The van der Waals surface area contributed by atoms with Crippen molar-refractivity contribution in [1.82, 2.24) is 14.5 Å². The molecule has 6 rings (SSSR count). The molecule has 1 aromatic heterocycles. The maximum atomic E-state index is 13.8. The number of piperidine rings is 1. The second-order valence-electron chi connectivity index (χ2n) is 11.1. The third-order valence-electron chi connectivity index (χ3n) is 8.28. The van der Waals surface area contributed by atoms with Crippen molar-refractivity contribution in [1.29, 1.82) is 0 Å². The first-order chi connectivity index (χ1) is 18.8.